The Morgan fingerprint density at radius 2 is 2.27 bits per heavy atom. The van der Waals surface area contributed by atoms with Crippen LogP contribution in [0.5, 0.6) is 0 Å². The van der Waals surface area contributed by atoms with E-state index >= 15 is 0 Å². The molecule has 0 saturated carbocycles. The zero-order chi connectivity index (χ0) is 10.8. The van der Waals surface area contributed by atoms with Gasteiger partial charge in [0.2, 0.25) is 0 Å². The van der Waals surface area contributed by atoms with Gasteiger partial charge in [-0.1, -0.05) is 13.3 Å². The average molecular weight is 211 g/mol. The molecule has 0 aromatic carbocycles. The maximum absolute atomic E-state index is 11.7. The predicted molar refractivity (Wildman–Crippen MR) is 58.5 cm³/mol. The molecule has 15 heavy (non-hydrogen) atoms. The lowest BCUT2D eigenvalue weighted by molar-refractivity contribution is -0.155. The van der Waals surface area contributed by atoms with Crippen molar-refractivity contribution in [3.63, 3.8) is 0 Å². The highest BCUT2D eigenvalue weighted by molar-refractivity contribution is 5.76. The molecule has 4 unspecified atom stereocenters. The number of rotatable bonds is 3. The van der Waals surface area contributed by atoms with Crippen molar-refractivity contribution in [2.45, 2.75) is 39.2 Å². The fourth-order valence-electron chi connectivity index (χ4n) is 3.08. The van der Waals surface area contributed by atoms with E-state index in [2.05, 4.69) is 11.8 Å². The monoisotopic (exact) mass is 211 g/mol. The van der Waals surface area contributed by atoms with Crippen molar-refractivity contribution in [1.82, 2.24) is 4.90 Å². The summed E-state index contributed by atoms with van der Waals surface area (Å²) in [4.78, 5) is 14.0. The van der Waals surface area contributed by atoms with Crippen LogP contribution in [-0.2, 0) is 9.53 Å². The van der Waals surface area contributed by atoms with Gasteiger partial charge < -0.3 is 4.74 Å². The molecular weight excluding hydrogens is 190 g/mol. The van der Waals surface area contributed by atoms with Gasteiger partial charge >= 0.3 is 5.97 Å². The summed E-state index contributed by atoms with van der Waals surface area (Å²) in [6.45, 7) is 6.83. The van der Waals surface area contributed by atoms with Gasteiger partial charge in [0.15, 0.2) is 0 Å². The van der Waals surface area contributed by atoms with Gasteiger partial charge in [0, 0.05) is 6.54 Å². The first kappa shape index (κ1) is 10.9. The van der Waals surface area contributed by atoms with E-state index in [1.54, 1.807) is 0 Å². The van der Waals surface area contributed by atoms with Gasteiger partial charge in [0.25, 0.3) is 0 Å². The summed E-state index contributed by atoms with van der Waals surface area (Å²) >= 11 is 0. The van der Waals surface area contributed by atoms with Gasteiger partial charge in [0.05, 0.1) is 6.61 Å². The second kappa shape index (κ2) is 4.52. The fourth-order valence-corrected chi connectivity index (χ4v) is 3.08. The predicted octanol–water partition coefficient (Wildman–Crippen LogP) is 1.67. The van der Waals surface area contributed by atoms with Crippen molar-refractivity contribution >= 4 is 5.97 Å². The second-order valence-corrected chi connectivity index (χ2v) is 4.72. The number of piperidine rings is 3. The number of hydrogen-bond acceptors (Lipinski definition) is 3. The van der Waals surface area contributed by atoms with Gasteiger partial charge in [-0.3, -0.25) is 9.69 Å². The van der Waals surface area contributed by atoms with Crippen LogP contribution in [0.15, 0.2) is 0 Å². The zero-order valence-corrected chi connectivity index (χ0v) is 9.74. The minimum Gasteiger partial charge on any atom is -0.465 e. The van der Waals surface area contributed by atoms with Crippen molar-refractivity contribution in [2.24, 2.45) is 11.8 Å². The summed E-state index contributed by atoms with van der Waals surface area (Å²) in [5.41, 5.74) is 0. The first-order chi connectivity index (χ1) is 7.26. The van der Waals surface area contributed by atoms with Gasteiger partial charge in [-0.15, -0.1) is 0 Å². The highest BCUT2D eigenvalue weighted by Crippen LogP contribution is 2.37. The summed E-state index contributed by atoms with van der Waals surface area (Å²) in [7, 11) is 0. The van der Waals surface area contributed by atoms with Crippen molar-refractivity contribution in [1.29, 1.82) is 0 Å². The van der Waals surface area contributed by atoms with Crippen LogP contribution in [0.2, 0.25) is 0 Å². The molecule has 3 rings (SSSR count). The van der Waals surface area contributed by atoms with Crippen molar-refractivity contribution in [3.05, 3.63) is 0 Å². The van der Waals surface area contributed by atoms with Crippen LogP contribution in [0.4, 0.5) is 0 Å². The topological polar surface area (TPSA) is 29.5 Å². The number of esters is 1. The van der Waals surface area contributed by atoms with Crippen molar-refractivity contribution in [2.75, 3.05) is 19.7 Å². The van der Waals surface area contributed by atoms with E-state index in [9.17, 15) is 4.79 Å². The van der Waals surface area contributed by atoms with Crippen LogP contribution < -0.4 is 0 Å². The fraction of sp³-hybridized carbons (Fsp3) is 0.917. The standard InChI is InChI=1S/C12H21NO2/c1-3-9-8-13-6-5-10(9)7-11(13)12(14)15-4-2/h9-11H,3-8H2,1-2H3. The van der Waals surface area contributed by atoms with E-state index in [0.717, 1.165) is 31.3 Å². The van der Waals surface area contributed by atoms with Crippen LogP contribution in [0.25, 0.3) is 0 Å². The number of ether oxygens (including phenoxy) is 1. The smallest absolute Gasteiger partial charge is 0.323 e. The largest absolute Gasteiger partial charge is 0.465 e. The summed E-state index contributed by atoms with van der Waals surface area (Å²) in [5, 5.41) is 0. The molecule has 0 spiro atoms. The number of fused-ring (bicyclic) bond motifs is 3. The Morgan fingerprint density at radius 3 is 2.80 bits per heavy atom. The summed E-state index contributed by atoms with van der Waals surface area (Å²) in [5.74, 6) is 1.57. The average Bonchev–Trinajstić information content (AvgIpc) is 2.29. The van der Waals surface area contributed by atoms with Crippen LogP contribution >= 0.6 is 0 Å². The van der Waals surface area contributed by atoms with Gasteiger partial charge in [0.1, 0.15) is 6.04 Å². The Bertz CT molecular complexity index is 242. The molecule has 0 aliphatic carbocycles. The third kappa shape index (κ3) is 2.03. The third-order valence-corrected chi connectivity index (χ3v) is 3.97. The molecule has 3 heteroatoms. The molecule has 0 aromatic heterocycles. The molecule has 86 valence electrons. The van der Waals surface area contributed by atoms with E-state index in [0.29, 0.717) is 6.61 Å². The highest BCUT2D eigenvalue weighted by atomic mass is 16.5. The molecule has 3 nitrogen and oxygen atoms in total. The van der Waals surface area contributed by atoms with Gasteiger partial charge in [-0.2, -0.15) is 0 Å². The number of hydrogen-bond donors (Lipinski definition) is 0. The van der Waals surface area contributed by atoms with Crippen LogP contribution in [-0.4, -0.2) is 36.6 Å². The Balaban J connectivity index is 1.98. The molecule has 3 aliphatic rings. The molecular formula is C12H21NO2. The quantitative estimate of drug-likeness (QED) is 0.665. The van der Waals surface area contributed by atoms with E-state index in [-0.39, 0.29) is 12.0 Å². The summed E-state index contributed by atoms with van der Waals surface area (Å²) < 4.78 is 5.12. The Labute approximate surface area is 91.8 Å². The number of carbonyl (C=O) groups excluding carboxylic acids is 1. The Morgan fingerprint density at radius 1 is 1.47 bits per heavy atom. The van der Waals surface area contributed by atoms with Crippen LogP contribution in [0, 0.1) is 11.8 Å². The van der Waals surface area contributed by atoms with E-state index in [1.807, 2.05) is 6.92 Å². The minimum atomic E-state index is -0.00301. The normalized spacial score (nSPS) is 39.1. The SMILES string of the molecule is CCOC(=O)C1CC2CCN1CC2CC. The molecule has 0 radical (unpaired) electrons. The molecule has 2 bridgehead atoms. The maximum Gasteiger partial charge on any atom is 0.323 e. The third-order valence-electron chi connectivity index (χ3n) is 3.97. The first-order valence-corrected chi connectivity index (χ1v) is 6.17. The molecule has 3 saturated heterocycles. The lowest BCUT2D eigenvalue weighted by atomic mass is 9.74. The number of nitrogens with zero attached hydrogens (tertiary/aromatic N) is 1. The lowest BCUT2D eigenvalue weighted by Gasteiger charge is -2.48. The molecule has 3 heterocycles. The van der Waals surface area contributed by atoms with Gasteiger partial charge in [-0.05, 0) is 38.1 Å². The molecule has 4 atom stereocenters. The Hall–Kier alpha value is -0.570. The molecule has 0 N–H and O–H groups in total. The van der Waals surface area contributed by atoms with E-state index in [1.165, 1.54) is 12.8 Å². The summed E-state index contributed by atoms with van der Waals surface area (Å²) in [6, 6.07) is 0.0616. The molecule has 3 fully saturated rings. The molecule has 3 aliphatic heterocycles. The highest BCUT2D eigenvalue weighted by Gasteiger charge is 2.42. The second-order valence-electron chi connectivity index (χ2n) is 4.72. The zero-order valence-electron chi connectivity index (χ0n) is 9.74. The van der Waals surface area contributed by atoms with Crippen LogP contribution in [0.1, 0.15) is 33.1 Å². The minimum absolute atomic E-state index is 0.00301. The molecule has 0 amide bonds. The maximum atomic E-state index is 11.7. The molecule has 0 aromatic rings. The van der Waals surface area contributed by atoms with E-state index < -0.39 is 0 Å². The lowest BCUT2D eigenvalue weighted by Crippen LogP contribution is -2.56. The Kier molecular flexibility index (Phi) is 3.29. The number of carbonyl (C=O) groups is 1. The van der Waals surface area contributed by atoms with Crippen molar-refractivity contribution in [3.8, 4) is 0 Å². The van der Waals surface area contributed by atoms with Gasteiger partial charge in [-0.25, -0.2) is 0 Å². The van der Waals surface area contributed by atoms with Crippen LogP contribution in [0.3, 0.4) is 0 Å². The van der Waals surface area contributed by atoms with Crippen molar-refractivity contribution < 1.29 is 9.53 Å². The first-order valence-electron chi connectivity index (χ1n) is 6.17. The summed E-state index contributed by atoms with van der Waals surface area (Å²) in [6.07, 6.45) is 3.54. The van der Waals surface area contributed by atoms with E-state index in [4.69, 9.17) is 4.74 Å².